The van der Waals surface area contributed by atoms with E-state index in [1.54, 1.807) is 0 Å². The standard InChI is InChI=1S/C18H29BN2O4/c1-6-7-9-23-10-8-13-15-12(16(22)20-13)11-14(21-15)19-24-17(2,3)18(4,5)25-19/h11,13,21H,6-10H2,1-5H3,(H,20,22)/t13-/m1/s1. The van der Waals surface area contributed by atoms with Crippen molar-refractivity contribution in [3.63, 3.8) is 0 Å². The van der Waals surface area contributed by atoms with Crippen molar-refractivity contribution in [1.29, 1.82) is 0 Å². The van der Waals surface area contributed by atoms with Crippen molar-refractivity contribution in [3.05, 3.63) is 17.3 Å². The smallest absolute Gasteiger partial charge is 0.398 e. The predicted octanol–water partition coefficient (Wildman–Crippen LogP) is 2.31. The molecule has 1 saturated heterocycles. The van der Waals surface area contributed by atoms with E-state index in [0.29, 0.717) is 12.2 Å². The van der Waals surface area contributed by atoms with Crippen molar-refractivity contribution in [2.24, 2.45) is 0 Å². The SMILES string of the molecule is CCCCOCC[C@H]1NC(=O)c2cc(B3OC(C)(C)C(C)(C)O3)[nH]c21. The Hall–Kier alpha value is -1.31. The van der Waals surface area contributed by atoms with Gasteiger partial charge in [-0.2, -0.15) is 0 Å². The van der Waals surface area contributed by atoms with E-state index in [-0.39, 0.29) is 11.9 Å². The largest absolute Gasteiger partial charge is 0.512 e. The van der Waals surface area contributed by atoms with E-state index in [0.717, 1.165) is 37.2 Å². The molecule has 0 unspecified atom stereocenters. The van der Waals surface area contributed by atoms with E-state index in [9.17, 15) is 4.79 Å². The van der Waals surface area contributed by atoms with Crippen LogP contribution in [0.15, 0.2) is 6.07 Å². The van der Waals surface area contributed by atoms with Crippen LogP contribution >= 0.6 is 0 Å². The summed E-state index contributed by atoms with van der Waals surface area (Å²) in [6, 6.07) is 1.81. The van der Waals surface area contributed by atoms with Crippen molar-refractivity contribution in [3.8, 4) is 0 Å². The molecule has 2 aliphatic heterocycles. The Bertz CT molecular complexity index is 625. The number of carbonyl (C=O) groups excluding carboxylic acids is 1. The highest BCUT2D eigenvalue weighted by molar-refractivity contribution is 6.61. The molecule has 3 heterocycles. The summed E-state index contributed by atoms with van der Waals surface area (Å²) in [5, 5.41) is 3.01. The van der Waals surface area contributed by atoms with Gasteiger partial charge < -0.3 is 24.3 Å². The van der Waals surface area contributed by atoms with Crippen LogP contribution in [0.25, 0.3) is 0 Å². The van der Waals surface area contributed by atoms with Crippen LogP contribution in [-0.2, 0) is 14.0 Å². The minimum atomic E-state index is -0.482. The number of ether oxygens (including phenoxy) is 1. The third-order valence-electron chi connectivity index (χ3n) is 5.47. The molecule has 0 bridgehead atoms. The third kappa shape index (κ3) is 3.50. The number of hydrogen-bond acceptors (Lipinski definition) is 4. The first-order valence-corrected chi connectivity index (χ1v) is 9.22. The van der Waals surface area contributed by atoms with Gasteiger partial charge in [-0.25, -0.2) is 0 Å². The second-order valence-corrected chi connectivity index (χ2v) is 7.92. The first-order chi connectivity index (χ1) is 11.7. The monoisotopic (exact) mass is 348 g/mol. The summed E-state index contributed by atoms with van der Waals surface area (Å²) >= 11 is 0. The molecular weight excluding hydrogens is 319 g/mol. The van der Waals surface area contributed by atoms with E-state index < -0.39 is 18.3 Å². The van der Waals surface area contributed by atoms with E-state index in [1.165, 1.54) is 0 Å². The number of hydrogen-bond donors (Lipinski definition) is 2. The van der Waals surface area contributed by atoms with Crippen LogP contribution in [0.1, 0.15) is 76.0 Å². The van der Waals surface area contributed by atoms with E-state index >= 15 is 0 Å². The van der Waals surface area contributed by atoms with Gasteiger partial charge in [-0.05, 0) is 46.6 Å². The molecule has 7 heteroatoms. The molecule has 0 radical (unpaired) electrons. The summed E-state index contributed by atoms with van der Waals surface area (Å²) < 4.78 is 17.8. The molecule has 3 rings (SSSR count). The Labute approximate surface area is 150 Å². The molecule has 1 aromatic heterocycles. The van der Waals surface area contributed by atoms with Gasteiger partial charge in [0.25, 0.3) is 5.91 Å². The van der Waals surface area contributed by atoms with Gasteiger partial charge >= 0.3 is 7.12 Å². The van der Waals surface area contributed by atoms with Crippen molar-refractivity contribution in [1.82, 2.24) is 10.3 Å². The highest BCUT2D eigenvalue weighted by Crippen LogP contribution is 2.37. The molecule has 1 atom stereocenters. The number of amides is 1. The zero-order chi connectivity index (χ0) is 18.2. The molecule has 0 aromatic carbocycles. The Morgan fingerprint density at radius 3 is 2.52 bits per heavy atom. The quantitative estimate of drug-likeness (QED) is 0.586. The lowest BCUT2D eigenvalue weighted by atomic mass is 9.85. The molecule has 0 saturated carbocycles. The number of aromatic nitrogens is 1. The van der Waals surface area contributed by atoms with Gasteiger partial charge in [0.15, 0.2) is 0 Å². The van der Waals surface area contributed by atoms with Crippen LogP contribution in [0.4, 0.5) is 0 Å². The van der Waals surface area contributed by atoms with Crippen LogP contribution < -0.4 is 10.9 Å². The van der Waals surface area contributed by atoms with Crippen LogP contribution in [0.3, 0.4) is 0 Å². The van der Waals surface area contributed by atoms with Crippen LogP contribution in [0.5, 0.6) is 0 Å². The maximum absolute atomic E-state index is 12.2. The molecule has 0 aliphatic carbocycles. The van der Waals surface area contributed by atoms with Crippen molar-refractivity contribution in [2.75, 3.05) is 13.2 Å². The Morgan fingerprint density at radius 2 is 1.88 bits per heavy atom. The van der Waals surface area contributed by atoms with E-state index in [2.05, 4.69) is 17.2 Å². The first kappa shape index (κ1) is 18.5. The average molecular weight is 348 g/mol. The van der Waals surface area contributed by atoms with Gasteiger partial charge in [-0.15, -0.1) is 0 Å². The molecule has 25 heavy (non-hydrogen) atoms. The third-order valence-corrected chi connectivity index (χ3v) is 5.47. The second kappa shape index (κ2) is 6.78. The lowest BCUT2D eigenvalue weighted by Gasteiger charge is -2.32. The fourth-order valence-corrected chi connectivity index (χ4v) is 3.13. The average Bonchev–Trinajstić information content (AvgIpc) is 3.13. The van der Waals surface area contributed by atoms with Gasteiger partial charge in [-0.1, -0.05) is 13.3 Å². The Kier molecular flexibility index (Phi) is 5.01. The molecule has 6 nitrogen and oxygen atoms in total. The highest BCUT2D eigenvalue weighted by Gasteiger charge is 2.52. The molecular formula is C18H29BN2O4. The molecule has 2 N–H and O–H groups in total. The summed E-state index contributed by atoms with van der Waals surface area (Å²) in [5.74, 6) is -0.0485. The molecule has 0 spiro atoms. The normalized spacial score (nSPS) is 23.8. The lowest BCUT2D eigenvalue weighted by Crippen LogP contribution is -2.41. The Morgan fingerprint density at radius 1 is 1.20 bits per heavy atom. The molecule has 1 amide bonds. The summed E-state index contributed by atoms with van der Waals surface area (Å²) in [4.78, 5) is 15.6. The van der Waals surface area contributed by atoms with E-state index in [1.807, 2.05) is 33.8 Å². The van der Waals surface area contributed by atoms with Crippen molar-refractivity contribution >= 4 is 18.6 Å². The van der Waals surface area contributed by atoms with Gasteiger partial charge in [0.2, 0.25) is 0 Å². The van der Waals surface area contributed by atoms with Crippen LogP contribution in [0.2, 0.25) is 0 Å². The number of unbranched alkanes of at least 4 members (excludes halogenated alkanes) is 1. The minimum Gasteiger partial charge on any atom is -0.398 e. The summed E-state index contributed by atoms with van der Waals surface area (Å²) in [7, 11) is -0.482. The van der Waals surface area contributed by atoms with E-state index in [4.69, 9.17) is 14.0 Å². The van der Waals surface area contributed by atoms with Gasteiger partial charge in [0.1, 0.15) is 0 Å². The fourth-order valence-electron chi connectivity index (χ4n) is 3.13. The number of rotatable bonds is 7. The lowest BCUT2D eigenvalue weighted by molar-refractivity contribution is 0.00578. The number of fused-ring (bicyclic) bond motifs is 1. The number of nitrogens with one attached hydrogen (secondary N) is 2. The maximum atomic E-state index is 12.2. The fraction of sp³-hybridized carbons (Fsp3) is 0.722. The van der Waals surface area contributed by atoms with Crippen molar-refractivity contribution in [2.45, 2.75) is 71.1 Å². The first-order valence-electron chi connectivity index (χ1n) is 9.22. The molecule has 2 aliphatic rings. The number of aromatic amines is 1. The highest BCUT2D eigenvalue weighted by atomic mass is 16.7. The molecule has 138 valence electrons. The summed E-state index contributed by atoms with van der Waals surface area (Å²) in [6.45, 7) is 11.6. The molecule has 1 fully saturated rings. The zero-order valence-electron chi connectivity index (χ0n) is 15.9. The topological polar surface area (TPSA) is 72.6 Å². The van der Waals surface area contributed by atoms with Gasteiger partial charge in [-0.3, -0.25) is 4.79 Å². The maximum Gasteiger partial charge on any atom is 0.512 e. The van der Waals surface area contributed by atoms with Gasteiger partial charge in [0, 0.05) is 18.8 Å². The van der Waals surface area contributed by atoms with Gasteiger partial charge in [0.05, 0.1) is 28.5 Å². The zero-order valence-corrected chi connectivity index (χ0v) is 15.9. The van der Waals surface area contributed by atoms with Crippen molar-refractivity contribution < 1.29 is 18.8 Å². The minimum absolute atomic E-state index is 0.0414. The number of carbonyl (C=O) groups is 1. The number of H-pyrrole nitrogens is 1. The second-order valence-electron chi connectivity index (χ2n) is 7.92. The summed E-state index contributed by atoms with van der Waals surface area (Å²) in [6.07, 6.45) is 2.95. The molecule has 1 aromatic rings. The van der Waals surface area contributed by atoms with Crippen LogP contribution in [-0.4, -0.2) is 42.4 Å². The van der Waals surface area contributed by atoms with Crippen LogP contribution in [0, 0.1) is 0 Å². The summed E-state index contributed by atoms with van der Waals surface area (Å²) in [5.41, 5.74) is 1.59. The predicted molar refractivity (Wildman–Crippen MR) is 97.1 cm³/mol. The Balaban J connectivity index is 1.68.